The number of rotatable bonds is 5. The van der Waals surface area contributed by atoms with Gasteiger partial charge in [-0.3, -0.25) is 14.5 Å². The van der Waals surface area contributed by atoms with E-state index in [1.165, 1.54) is 25.2 Å². The van der Waals surface area contributed by atoms with Crippen molar-refractivity contribution in [1.29, 1.82) is 0 Å². The number of hydrogen-bond acceptors (Lipinski definition) is 6. The minimum Gasteiger partial charge on any atom is -0.506 e. The van der Waals surface area contributed by atoms with Crippen LogP contribution in [0.1, 0.15) is 17.2 Å². The number of phenolic OH excluding ortho intramolecular Hbond substituents is 1. The summed E-state index contributed by atoms with van der Waals surface area (Å²) >= 11 is 0. The Kier molecular flexibility index (Phi) is 5.55. The van der Waals surface area contributed by atoms with E-state index in [4.69, 9.17) is 9.47 Å². The number of carbonyl (C=O) groups excluding carboxylic acids is 2. The van der Waals surface area contributed by atoms with Gasteiger partial charge in [-0.25, -0.2) is 0 Å². The molecular formula is C25H21NO6. The van der Waals surface area contributed by atoms with Gasteiger partial charge < -0.3 is 19.7 Å². The molecule has 0 bridgehead atoms. The summed E-state index contributed by atoms with van der Waals surface area (Å²) in [6, 6.07) is 19.0. The Morgan fingerprint density at radius 1 is 0.844 bits per heavy atom. The van der Waals surface area contributed by atoms with Crippen LogP contribution < -0.4 is 14.4 Å². The first-order chi connectivity index (χ1) is 15.5. The van der Waals surface area contributed by atoms with Crippen LogP contribution in [0.15, 0.2) is 78.4 Å². The molecule has 1 unspecified atom stereocenters. The Bertz CT molecular complexity index is 1200. The number of amides is 1. The third-order valence-corrected chi connectivity index (χ3v) is 5.37. The Labute approximate surface area is 184 Å². The van der Waals surface area contributed by atoms with Crippen LogP contribution in [0.25, 0.3) is 5.76 Å². The van der Waals surface area contributed by atoms with Crippen molar-refractivity contribution >= 4 is 23.1 Å². The first-order valence-electron chi connectivity index (χ1n) is 9.85. The molecule has 0 saturated carbocycles. The molecule has 0 aliphatic carbocycles. The number of methoxy groups -OCH3 is 2. The Morgan fingerprint density at radius 3 is 2.03 bits per heavy atom. The number of benzene rings is 3. The summed E-state index contributed by atoms with van der Waals surface area (Å²) in [7, 11) is 2.86. The van der Waals surface area contributed by atoms with Gasteiger partial charge in [0.2, 0.25) is 0 Å². The zero-order chi connectivity index (χ0) is 22.8. The lowest BCUT2D eigenvalue weighted by Gasteiger charge is -2.26. The maximum atomic E-state index is 13.2. The van der Waals surface area contributed by atoms with Crippen LogP contribution in [0.5, 0.6) is 17.2 Å². The summed E-state index contributed by atoms with van der Waals surface area (Å²) < 4.78 is 10.8. The van der Waals surface area contributed by atoms with Gasteiger partial charge in [-0.2, -0.15) is 0 Å². The molecule has 0 radical (unpaired) electrons. The molecule has 7 nitrogen and oxygen atoms in total. The van der Waals surface area contributed by atoms with Gasteiger partial charge in [-0.05, 0) is 29.8 Å². The minimum absolute atomic E-state index is 0.132. The molecule has 2 N–H and O–H groups in total. The molecule has 1 heterocycles. The van der Waals surface area contributed by atoms with E-state index in [1.807, 2.05) is 0 Å². The molecule has 7 heteroatoms. The Balaban J connectivity index is 2.03. The highest BCUT2D eigenvalue weighted by Gasteiger charge is 2.48. The number of aliphatic hydroxyl groups excluding tert-OH is 1. The molecular weight excluding hydrogens is 410 g/mol. The van der Waals surface area contributed by atoms with Gasteiger partial charge in [-0.15, -0.1) is 0 Å². The lowest BCUT2D eigenvalue weighted by molar-refractivity contribution is -0.132. The lowest BCUT2D eigenvalue weighted by Crippen LogP contribution is -2.29. The molecule has 0 aromatic heterocycles. The summed E-state index contributed by atoms with van der Waals surface area (Å²) in [4.78, 5) is 27.6. The quantitative estimate of drug-likeness (QED) is 0.360. The van der Waals surface area contributed by atoms with Crippen molar-refractivity contribution < 1.29 is 29.3 Å². The molecule has 1 aliphatic heterocycles. The second-order valence-corrected chi connectivity index (χ2v) is 7.11. The number of anilines is 1. The van der Waals surface area contributed by atoms with Crippen LogP contribution in [0.4, 0.5) is 5.69 Å². The Hall–Kier alpha value is -4.26. The highest BCUT2D eigenvalue weighted by Crippen LogP contribution is 2.46. The first-order valence-corrected chi connectivity index (χ1v) is 9.85. The second kappa shape index (κ2) is 8.47. The van der Waals surface area contributed by atoms with Crippen LogP contribution >= 0.6 is 0 Å². The molecule has 0 spiro atoms. The van der Waals surface area contributed by atoms with E-state index in [9.17, 15) is 19.8 Å². The van der Waals surface area contributed by atoms with E-state index in [-0.39, 0.29) is 34.1 Å². The smallest absolute Gasteiger partial charge is 0.300 e. The molecule has 4 rings (SSSR count). The average molecular weight is 431 g/mol. The van der Waals surface area contributed by atoms with Gasteiger partial charge in [0.15, 0.2) is 0 Å². The number of nitrogens with zero attached hydrogens (tertiary/aromatic N) is 1. The van der Waals surface area contributed by atoms with Gasteiger partial charge >= 0.3 is 0 Å². The zero-order valence-corrected chi connectivity index (χ0v) is 17.5. The largest absolute Gasteiger partial charge is 0.506 e. The van der Waals surface area contributed by atoms with Crippen molar-refractivity contribution in [3.8, 4) is 17.2 Å². The number of Topliss-reactive ketones (excluding diaryl/α,β-unsaturated/α-hetero) is 1. The van der Waals surface area contributed by atoms with Crippen molar-refractivity contribution in [1.82, 2.24) is 0 Å². The maximum Gasteiger partial charge on any atom is 0.300 e. The molecule has 1 fully saturated rings. The second-order valence-electron chi connectivity index (χ2n) is 7.11. The standard InChI is InChI=1S/C25H21NO6/c1-31-18-13-8-14-19(32-2)20(18)23(28)21-22(15-9-4-3-5-10-15)26(25(30)24(21)29)16-11-6-7-12-17(16)27/h3-14,22,27-28H,1-2H3/b23-21+. The van der Waals surface area contributed by atoms with Gasteiger partial charge in [0.05, 0.1) is 31.5 Å². The molecule has 162 valence electrons. The van der Waals surface area contributed by atoms with E-state index >= 15 is 0 Å². The molecule has 32 heavy (non-hydrogen) atoms. The van der Waals surface area contributed by atoms with Gasteiger partial charge in [0.1, 0.15) is 28.6 Å². The number of aliphatic hydroxyl groups is 1. The molecule has 3 aromatic rings. The zero-order valence-electron chi connectivity index (χ0n) is 17.5. The van der Waals surface area contributed by atoms with Crippen LogP contribution in [0, 0.1) is 0 Å². The third kappa shape index (κ3) is 3.33. The first kappa shape index (κ1) is 21.0. The molecule has 3 aromatic carbocycles. The van der Waals surface area contributed by atoms with E-state index in [1.54, 1.807) is 66.7 Å². The van der Waals surface area contributed by atoms with Crippen molar-refractivity contribution in [3.63, 3.8) is 0 Å². The molecule has 1 aliphatic rings. The fraction of sp³-hybridized carbons (Fsp3) is 0.120. The summed E-state index contributed by atoms with van der Waals surface area (Å²) in [5.74, 6) is -1.78. The maximum absolute atomic E-state index is 13.2. The molecule has 1 amide bonds. The molecule has 1 saturated heterocycles. The highest BCUT2D eigenvalue weighted by molar-refractivity contribution is 6.52. The summed E-state index contributed by atoms with van der Waals surface area (Å²) in [6.45, 7) is 0. The minimum atomic E-state index is -0.973. The monoisotopic (exact) mass is 431 g/mol. The topological polar surface area (TPSA) is 96.3 Å². The number of hydrogen-bond donors (Lipinski definition) is 2. The van der Waals surface area contributed by atoms with Crippen molar-refractivity contribution in [2.75, 3.05) is 19.1 Å². The average Bonchev–Trinajstić information content (AvgIpc) is 3.09. The Morgan fingerprint density at radius 2 is 1.44 bits per heavy atom. The summed E-state index contributed by atoms with van der Waals surface area (Å²) in [5.41, 5.74) is 0.779. The van der Waals surface area contributed by atoms with Crippen molar-refractivity contribution in [2.24, 2.45) is 0 Å². The van der Waals surface area contributed by atoms with Crippen LogP contribution in [0.2, 0.25) is 0 Å². The van der Waals surface area contributed by atoms with E-state index < -0.39 is 23.5 Å². The van der Waals surface area contributed by atoms with Crippen molar-refractivity contribution in [3.05, 3.63) is 89.5 Å². The van der Waals surface area contributed by atoms with Crippen LogP contribution in [-0.2, 0) is 9.59 Å². The number of phenols is 1. The number of aromatic hydroxyl groups is 1. The summed E-state index contributed by atoms with van der Waals surface area (Å²) in [5, 5.41) is 21.8. The fourth-order valence-electron chi connectivity index (χ4n) is 3.92. The van der Waals surface area contributed by atoms with Crippen molar-refractivity contribution in [2.45, 2.75) is 6.04 Å². The van der Waals surface area contributed by atoms with Gasteiger partial charge in [0.25, 0.3) is 11.7 Å². The number of ketones is 1. The number of para-hydroxylation sites is 2. The highest BCUT2D eigenvalue weighted by atomic mass is 16.5. The fourth-order valence-corrected chi connectivity index (χ4v) is 3.92. The predicted molar refractivity (Wildman–Crippen MR) is 119 cm³/mol. The van der Waals surface area contributed by atoms with E-state index in [2.05, 4.69) is 0 Å². The van der Waals surface area contributed by atoms with Gasteiger partial charge in [0, 0.05) is 0 Å². The predicted octanol–water partition coefficient (Wildman–Crippen LogP) is 4.04. The van der Waals surface area contributed by atoms with E-state index in [0.717, 1.165) is 0 Å². The van der Waals surface area contributed by atoms with Crippen LogP contribution in [-0.4, -0.2) is 36.1 Å². The van der Waals surface area contributed by atoms with Gasteiger partial charge in [-0.1, -0.05) is 48.5 Å². The molecule has 1 atom stereocenters. The number of ether oxygens (including phenoxy) is 2. The van der Waals surface area contributed by atoms with E-state index in [0.29, 0.717) is 5.56 Å². The lowest BCUT2D eigenvalue weighted by atomic mass is 9.94. The normalized spacial score (nSPS) is 17.4. The van der Waals surface area contributed by atoms with Crippen LogP contribution in [0.3, 0.4) is 0 Å². The SMILES string of the molecule is COc1cccc(OC)c1/C(O)=C1\C(=O)C(=O)N(c2ccccc2O)C1c1ccccc1. The number of carbonyl (C=O) groups is 2. The third-order valence-electron chi connectivity index (χ3n) is 5.37. The summed E-state index contributed by atoms with van der Waals surface area (Å²) in [6.07, 6.45) is 0.